The van der Waals surface area contributed by atoms with Gasteiger partial charge >= 0.3 is 5.97 Å². The Bertz CT molecular complexity index is 216. The highest BCUT2D eigenvalue weighted by Gasteiger charge is 2.21. The molecule has 1 amide bonds. The fourth-order valence-corrected chi connectivity index (χ4v) is 0.967. The van der Waals surface area contributed by atoms with E-state index in [9.17, 15) is 9.59 Å². The summed E-state index contributed by atoms with van der Waals surface area (Å²) < 4.78 is 4.51. The summed E-state index contributed by atoms with van der Waals surface area (Å²) >= 11 is 0. The fourth-order valence-electron chi connectivity index (χ4n) is 0.967. The summed E-state index contributed by atoms with van der Waals surface area (Å²) in [5.74, 6) is -0.373. The normalized spacial score (nSPS) is 12.4. The first-order chi connectivity index (χ1) is 6.40. The molecule has 0 aromatic carbocycles. The van der Waals surface area contributed by atoms with Crippen molar-refractivity contribution >= 4 is 11.9 Å². The predicted octanol–water partition coefficient (Wildman–Crippen LogP) is -0.432. The third kappa shape index (κ3) is 3.74. The van der Waals surface area contributed by atoms with Crippen LogP contribution in [-0.2, 0) is 14.3 Å². The summed E-state index contributed by atoms with van der Waals surface area (Å²) in [6.45, 7) is 1.88. The van der Waals surface area contributed by atoms with Gasteiger partial charge in [0, 0.05) is 14.1 Å². The summed E-state index contributed by atoms with van der Waals surface area (Å²) in [5, 5.41) is 0. The van der Waals surface area contributed by atoms with E-state index in [-0.39, 0.29) is 24.5 Å². The molecule has 0 N–H and O–H groups in total. The molecule has 82 valence electrons. The standard InChI is InChI=1S/C9H18N2O3/c1-7(9(13)10(2)3)11(4)6-8(12)14-5/h7H,6H2,1-5H3. The quantitative estimate of drug-likeness (QED) is 0.580. The van der Waals surface area contributed by atoms with Crippen LogP contribution in [0.5, 0.6) is 0 Å². The number of nitrogens with zero attached hydrogens (tertiary/aromatic N) is 2. The minimum absolute atomic E-state index is 0.0311. The maximum absolute atomic E-state index is 11.5. The van der Waals surface area contributed by atoms with Crippen LogP contribution in [0.3, 0.4) is 0 Å². The SMILES string of the molecule is COC(=O)CN(C)C(C)C(=O)N(C)C. The lowest BCUT2D eigenvalue weighted by Crippen LogP contribution is -2.44. The number of methoxy groups -OCH3 is 1. The summed E-state index contributed by atoms with van der Waals surface area (Å²) in [6.07, 6.45) is 0. The lowest BCUT2D eigenvalue weighted by atomic mass is 10.2. The zero-order chi connectivity index (χ0) is 11.3. The van der Waals surface area contributed by atoms with E-state index in [2.05, 4.69) is 4.74 Å². The van der Waals surface area contributed by atoms with Gasteiger partial charge in [-0.3, -0.25) is 14.5 Å². The molecule has 0 bridgehead atoms. The number of hydrogen-bond donors (Lipinski definition) is 0. The molecule has 0 aliphatic heterocycles. The Hall–Kier alpha value is -1.10. The van der Waals surface area contributed by atoms with Crippen molar-refractivity contribution in [1.29, 1.82) is 0 Å². The van der Waals surface area contributed by atoms with Crippen LogP contribution in [0.25, 0.3) is 0 Å². The van der Waals surface area contributed by atoms with Crippen molar-refractivity contribution in [3.8, 4) is 0 Å². The van der Waals surface area contributed by atoms with Crippen molar-refractivity contribution in [3.63, 3.8) is 0 Å². The van der Waals surface area contributed by atoms with Gasteiger partial charge in [0.15, 0.2) is 0 Å². The van der Waals surface area contributed by atoms with E-state index in [0.717, 1.165) is 0 Å². The summed E-state index contributed by atoms with van der Waals surface area (Å²) in [6, 6.07) is -0.316. The highest BCUT2D eigenvalue weighted by molar-refractivity contribution is 5.81. The monoisotopic (exact) mass is 202 g/mol. The molecular formula is C9H18N2O3. The van der Waals surface area contributed by atoms with Crippen molar-refractivity contribution in [2.24, 2.45) is 0 Å². The van der Waals surface area contributed by atoms with Gasteiger partial charge in [-0.2, -0.15) is 0 Å². The zero-order valence-corrected chi connectivity index (χ0v) is 9.40. The molecule has 0 aliphatic carbocycles. The van der Waals surface area contributed by atoms with Crippen LogP contribution in [-0.4, -0.2) is 62.5 Å². The van der Waals surface area contributed by atoms with Crippen LogP contribution >= 0.6 is 0 Å². The fraction of sp³-hybridized carbons (Fsp3) is 0.778. The molecule has 0 saturated carbocycles. The predicted molar refractivity (Wildman–Crippen MR) is 52.8 cm³/mol. The number of esters is 1. The maximum Gasteiger partial charge on any atom is 0.319 e. The van der Waals surface area contributed by atoms with E-state index in [4.69, 9.17) is 0 Å². The van der Waals surface area contributed by atoms with Gasteiger partial charge in [-0.15, -0.1) is 0 Å². The Balaban J connectivity index is 4.18. The molecule has 0 fully saturated rings. The molecule has 0 saturated heterocycles. The van der Waals surface area contributed by atoms with Gasteiger partial charge in [-0.1, -0.05) is 0 Å². The first-order valence-electron chi connectivity index (χ1n) is 4.38. The van der Waals surface area contributed by atoms with Crippen molar-refractivity contribution in [2.45, 2.75) is 13.0 Å². The molecule has 1 atom stereocenters. The zero-order valence-electron chi connectivity index (χ0n) is 9.40. The Labute approximate surface area is 84.6 Å². The Kier molecular flexibility index (Phi) is 5.15. The molecule has 5 heteroatoms. The number of carbonyl (C=O) groups excluding carboxylic acids is 2. The first-order valence-corrected chi connectivity index (χ1v) is 4.38. The van der Waals surface area contributed by atoms with Gasteiger partial charge in [0.1, 0.15) is 0 Å². The third-order valence-electron chi connectivity index (χ3n) is 2.07. The molecule has 0 rings (SSSR count). The highest BCUT2D eigenvalue weighted by Crippen LogP contribution is 1.99. The molecule has 0 radical (unpaired) electrons. The lowest BCUT2D eigenvalue weighted by molar-refractivity contribution is -0.143. The number of carbonyl (C=O) groups is 2. The minimum Gasteiger partial charge on any atom is -0.468 e. The van der Waals surface area contributed by atoms with Crippen molar-refractivity contribution in [1.82, 2.24) is 9.80 Å². The van der Waals surface area contributed by atoms with Crippen molar-refractivity contribution in [2.75, 3.05) is 34.8 Å². The number of ether oxygens (including phenoxy) is 1. The van der Waals surface area contributed by atoms with E-state index in [0.29, 0.717) is 0 Å². The minimum atomic E-state index is -0.342. The van der Waals surface area contributed by atoms with Crippen molar-refractivity contribution < 1.29 is 14.3 Å². The Morgan fingerprint density at radius 3 is 2.14 bits per heavy atom. The molecular weight excluding hydrogens is 184 g/mol. The second kappa shape index (κ2) is 5.59. The molecule has 5 nitrogen and oxygen atoms in total. The molecule has 1 unspecified atom stereocenters. The Morgan fingerprint density at radius 1 is 1.29 bits per heavy atom. The summed E-state index contributed by atoms with van der Waals surface area (Å²) in [7, 11) is 6.41. The average Bonchev–Trinajstić information content (AvgIpc) is 2.14. The van der Waals surface area contributed by atoms with Crippen LogP contribution in [0.1, 0.15) is 6.92 Å². The second-order valence-corrected chi connectivity index (χ2v) is 3.40. The largest absolute Gasteiger partial charge is 0.468 e. The molecule has 0 aliphatic rings. The highest BCUT2D eigenvalue weighted by atomic mass is 16.5. The Morgan fingerprint density at radius 2 is 1.79 bits per heavy atom. The number of amides is 1. The number of rotatable bonds is 4. The average molecular weight is 202 g/mol. The number of likely N-dealkylation sites (N-methyl/N-ethyl adjacent to an activating group) is 2. The van der Waals surface area contributed by atoms with Crippen LogP contribution in [0, 0.1) is 0 Å². The van der Waals surface area contributed by atoms with Crippen LogP contribution in [0.2, 0.25) is 0 Å². The van der Waals surface area contributed by atoms with Crippen molar-refractivity contribution in [3.05, 3.63) is 0 Å². The van der Waals surface area contributed by atoms with E-state index >= 15 is 0 Å². The third-order valence-corrected chi connectivity index (χ3v) is 2.07. The molecule has 0 heterocycles. The van der Waals surface area contributed by atoms with Gasteiger partial charge in [-0.25, -0.2) is 0 Å². The van der Waals surface area contributed by atoms with Gasteiger partial charge in [0.25, 0.3) is 0 Å². The first kappa shape index (κ1) is 12.9. The van der Waals surface area contributed by atoms with Gasteiger partial charge in [0.05, 0.1) is 19.7 Å². The lowest BCUT2D eigenvalue weighted by Gasteiger charge is -2.25. The summed E-state index contributed by atoms with van der Waals surface area (Å²) in [4.78, 5) is 25.6. The van der Waals surface area contributed by atoms with Gasteiger partial charge in [0.2, 0.25) is 5.91 Å². The van der Waals surface area contributed by atoms with Gasteiger partial charge < -0.3 is 9.64 Å². The molecule has 0 aromatic rings. The summed E-state index contributed by atoms with van der Waals surface area (Å²) in [5.41, 5.74) is 0. The van der Waals surface area contributed by atoms with E-state index in [1.165, 1.54) is 12.0 Å². The topological polar surface area (TPSA) is 49.9 Å². The van der Waals surface area contributed by atoms with Crippen LogP contribution < -0.4 is 0 Å². The van der Waals surface area contributed by atoms with E-state index in [1.54, 1.807) is 33.0 Å². The smallest absolute Gasteiger partial charge is 0.319 e. The molecule has 14 heavy (non-hydrogen) atoms. The number of hydrogen-bond acceptors (Lipinski definition) is 4. The van der Waals surface area contributed by atoms with Crippen LogP contribution in [0.15, 0.2) is 0 Å². The van der Waals surface area contributed by atoms with E-state index in [1.807, 2.05) is 0 Å². The maximum atomic E-state index is 11.5. The second-order valence-electron chi connectivity index (χ2n) is 3.40. The molecule has 0 aromatic heterocycles. The van der Waals surface area contributed by atoms with Crippen LogP contribution in [0.4, 0.5) is 0 Å². The van der Waals surface area contributed by atoms with E-state index < -0.39 is 0 Å². The van der Waals surface area contributed by atoms with Gasteiger partial charge in [-0.05, 0) is 14.0 Å². The molecule has 0 spiro atoms.